The molecule has 220 valence electrons. The van der Waals surface area contributed by atoms with Crippen molar-refractivity contribution in [1.29, 1.82) is 0 Å². The maximum atomic E-state index is 14.1. The van der Waals surface area contributed by atoms with Crippen molar-refractivity contribution in [2.45, 2.75) is 29.5 Å². The van der Waals surface area contributed by atoms with Crippen molar-refractivity contribution >= 4 is 45.7 Å². The number of aromatic nitrogens is 2. The molecule has 43 heavy (non-hydrogen) atoms. The number of ketones is 1. The van der Waals surface area contributed by atoms with Crippen LogP contribution in [0.4, 0.5) is 9.52 Å². The lowest BCUT2D eigenvalue weighted by atomic mass is 9.95. The number of aliphatic hydroxyl groups is 1. The van der Waals surface area contributed by atoms with Crippen LogP contribution in [0.5, 0.6) is 11.5 Å². The molecule has 5 rings (SSSR count). The van der Waals surface area contributed by atoms with Crippen molar-refractivity contribution in [2.24, 2.45) is 0 Å². The number of thioether (sulfide) groups is 1. The third kappa shape index (κ3) is 6.63. The molecule has 0 saturated carbocycles. The number of hydrogen-bond donors (Lipinski definition) is 1. The molecule has 0 bridgehead atoms. The number of halogens is 1. The Labute approximate surface area is 256 Å². The standard InChI is InChI=1S/C32H28FN3O5S2/c1-3-17-40-23-13-9-20(10-14-23)27-26(28(37)21-11-15-24(16-12-21)41-18-4-2)29(38)30(39)36(27)31-34-35-32(43-31)42-19-22-7-5-6-8-25(22)33/h3,5-16,27,37H,1,4,17-19H2,2H3/b28-26-. The quantitative estimate of drug-likeness (QED) is 0.0455. The number of carbonyl (C=O) groups excluding carboxylic acids is 2. The highest BCUT2D eigenvalue weighted by Gasteiger charge is 2.48. The van der Waals surface area contributed by atoms with Gasteiger partial charge in [-0.2, -0.15) is 0 Å². The van der Waals surface area contributed by atoms with E-state index in [0.717, 1.165) is 17.8 Å². The lowest BCUT2D eigenvalue weighted by Crippen LogP contribution is -2.29. The van der Waals surface area contributed by atoms with Crippen molar-refractivity contribution in [3.8, 4) is 11.5 Å². The molecule has 1 unspecified atom stereocenters. The lowest BCUT2D eigenvalue weighted by molar-refractivity contribution is -0.132. The van der Waals surface area contributed by atoms with Gasteiger partial charge in [0.1, 0.15) is 29.7 Å². The summed E-state index contributed by atoms with van der Waals surface area (Å²) in [6, 6.07) is 19.0. The van der Waals surface area contributed by atoms with Crippen molar-refractivity contribution in [1.82, 2.24) is 10.2 Å². The van der Waals surface area contributed by atoms with E-state index in [1.807, 2.05) is 6.92 Å². The molecule has 2 heterocycles. The van der Waals surface area contributed by atoms with E-state index < -0.39 is 17.7 Å². The van der Waals surface area contributed by atoms with Gasteiger partial charge >= 0.3 is 5.91 Å². The van der Waals surface area contributed by atoms with Crippen LogP contribution in [0.25, 0.3) is 5.76 Å². The average Bonchev–Trinajstić information content (AvgIpc) is 3.60. The Morgan fingerprint density at radius 1 is 1.05 bits per heavy atom. The topological polar surface area (TPSA) is 102 Å². The fraction of sp³-hybridized carbons (Fsp3) is 0.188. The van der Waals surface area contributed by atoms with Crippen LogP contribution in [0.15, 0.2) is 95.4 Å². The minimum absolute atomic E-state index is 0.0808. The number of Topliss-reactive ketones (excluding diaryl/α,β-unsaturated/α-hetero) is 1. The second-order valence-electron chi connectivity index (χ2n) is 9.44. The maximum Gasteiger partial charge on any atom is 0.301 e. The Balaban J connectivity index is 1.51. The van der Waals surface area contributed by atoms with Gasteiger partial charge in [0.25, 0.3) is 5.78 Å². The lowest BCUT2D eigenvalue weighted by Gasteiger charge is -2.22. The predicted molar refractivity (Wildman–Crippen MR) is 165 cm³/mol. The minimum Gasteiger partial charge on any atom is -0.507 e. The third-order valence-corrected chi connectivity index (χ3v) is 8.62. The summed E-state index contributed by atoms with van der Waals surface area (Å²) in [7, 11) is 0. The number of rotatable bonds is 12. The molecule has 0 radical (unpaired) electrons. The number of aliphatic hydroxyl groups excluding tert-OH is 1. The summed E-state index contributed by atoms with van der Waals surface area (Å²) in [6.07, 6.45) is 2.47. The van der Waals surface area contributed by atoms with E-state index in [9.17, 15) is 19.1 Å². The average molecular weight is 618 g/mol. The van der Waals surface area contributed by atoms with Crippen molar-refractivity contribution in [2.75, 3.05) is 18.1 Å². The molecular weight excluding hydrogens is 590 g/mol. The third-order valence-electron chi connectivity index (χ3n) is 6.52. The van der Waals surface area contributed by atoms with E-state index in [0.29, 0.717) is 51.5 Å². The van der Waals surface area contributed by atoms with Gasteiger partial charge in [-0.15, -0.1) is 10.2 Å². The molecule has 4 aromatic rings. The number of amides is 1. The van der Waals surface area contributed by atoms with Crippen LogP contribution in [-0.4, -0.2) is 40.2 Å². The van der Waals surface area contributed by atoms with E-state index in [2.05, 4.69) is 16.8 Å². The van der Waals surface area contributed by atoms with Crippen molar-refractivity contribution < 1.29 is 28.6 Å². The molecule has 8 nitrogen and oxygen atoms in total. The first-order valence-electron chi connectivity index (χ1n) is 13.5. The van der Waals surface area contributed by atoms with Crippen LogP contribution in [0.3, 0.4) is 0 Å². The largest absolute Gasteiger partial charge is 0.507 e. The van der Waals surface area contributed by atoms with Crippen LogP contribution in [0.2, 0.25) is 0 Å². The first-order valence-corrected chi connectivity index (χ1v) is 15.3. The van der Waals surface area contributed by atoms with Gasteiger partial charge in [0.15, 0.2) is 4.34 Å². The molecule has 1 N–H and O–H groups in total. The first-order chi connectivity index (χ1) is 20.9. The molecule has 3 aromatic carbocycles. The zero-order chi connectivity index (χ0) is 30.3. The molecule has 1 aliphatic heterocycles. The van der Waals surface area contributed by atoms with Gasteiger partial charge in [0, 0.05) is 11.3 Å². The fourth-order valence-electron chi connectivity index (χ4n) is 4.44. The van der Waals surface area contributed by atoms with E-state index in [1.54, 1.807) is 72.8 Å². The zero-order valence-corrected chi connectivity index (χ0v) is 24.9. The van der Waals surface area contributed by atoms with Gasteiger partial charge in [-0.1, -0.05) is 73.0 Å². The van der Waals surface area contributed by atoms with Crippen LogP contribution in [0, 0.1) is 5.82 Å². The highest BCUT2D eigenvalue weighted by molar-refractivity contribution is 8.00. The summed E-state index contributed by atoms with van der Waals surface area (Å²) in [5.74, 6) is -0.826. The molecule has 1 amide bonds. The molecule has 1 fully saturated rings. The number of benzene rings is 3. The van der Waals surface area contributed by atoms with Crippen LogP contribution in [-0.2, 0) is 15.3 Å². The number of hydrogen-bond acceptors (Lipinski definition) is 9. The summed E-state index contributed by atoms with van der Waals surface area (Å²) in [5.41, 5.74) is 1.35. The maximum absolute atomic E-state index is 14.1. The van der Waals surface area contributed by atoms with Crippen molar-refractivity contribution in [3.63, 3.8) is 0 Å². The minimum atomic E-state index is -0.984. The van der Waals surface area contributed by atoms with E-state index >= 15 is 0 Å². The van der Waals surface area contributed by atoms with Crippen LogP contribution < -0.4 is 14.4 Å². The number of ether oxygens (including phenoxy) is 2. The van der Waals surface area contributed by atoms with Gasteiger partial charge in [-0.3, -0.25) is 14.5 Å². The summed E-state index contributed by atoms with van der Waals surface area (Å²) in [5, 5.41) is 20.0. The highest BCUT2D eigenvalue weighted by Crippen LogP contribution is 2.44. The number of nitrogens with zero attached hydrogens (tertiary/aromatic N) is 3. The Morgan fingerprint density at radius 3 is 2.44 bits per heavy atom. The molecule has 1 aliphatic rings. The summed E-state index contributed by atoms with van der Waals surface area (Å²) in [4.78, 5) is 28.3. The summed E-state index contributed by atoms with van der Waals surface area (Å²) in [6.45, 7) is 6.51. The van der Waals surface area contributed by atoms with Gasteiger partial charge in [-0.25, -0.2) is 4.39 Å². The number of anilines is 1. The summed E-state index contributed by atoms with van der Waals surface area (Å²) < 4.78 is 25.8. The molecule has 0 aliphatic carbocycles. The zero-order valence-electron chi connectivity index (χ0n) is 23.2. The molecule has 1 saturated heterocycles. The monoisotopic (exact) mass is 617 g/mol. The first kappa shape index (κ1) is 30.0. The van der Waals surface area contributed by atoms with E-state index in [4.69, 9.17) is 9.47 Å². The van der Waals surface area contributed by atoms with Gasteiger partial charge in [-0.05, 0) is 60.0 Å². The summed E-state index contributed by atoms with van der Waals surface area (Å²) >= 11 is 2.38. The Kier molecular flexibility index (Phi) is 9.53. The van der Waals surface area contributed by atoms with Crippen LogP contribution in [0.1, 0.15) is 36.1 Å². The van der Waals surface area contributed by atoms with Crippen molar-refractivity contribution in [3.05, 3.63) is 114 Å². The molecule has 1 atom stereocenters. The fourth-order valence-corrected chi connectivity index (χ4v) is 6.30. The second kappa shape index (κ2) is 13.7. The van der Waals surface area contributed by atoms with Crippen LogP contribution >= 0.6 is 23.1 Å². The number of carbonyl (C=O) groups is 2. The van der Waals surface area contributed by atoms with Gasteiger partial charge < -0.3 is 14.6 Å². The predicted octanol–water partition coefficient (Wildman–Crippen LogP) is 6.95. The SMILES string of the molecule is C=CCOc1ccc(C2/C(=C(/O)c3ccc(OCCC)cc3)C(=O)C(=O)N2c2nnc(SCc3ccccc3F)s2)cc1. The van der Waals surface area contributed by atoms with E-state index in [1.165, 1.54) is 22.7 Å². The molecule has 1 aromatic heterocycles. The van der Waals surface area contributed by atoms with Gasteiger partial charge in [0.05, 0.1) is 18.2 Å². The van der Waals surface area contributed by atoms with E-state index in [-0.39, 0.29) is 22.3 Å². The molecule has 0 spiro atoms. The molecule has 11 heteroatoms. The highest BCUT2D eigenvalue weighted by atomic mass is 32.2. The Bertz CT molecular complexity index is 1650. The Hall–Kier alpha value is -4.48. The normalized spacial score (nSPS) is 16.0. The second-order valence-corrected chi connectivity index (χ2v) is 11.6. The molecular formula is C32H28FN3O5S2. The Morgan fingerprint density at radius 2 is 1.74 bits per heavy atom. The smallest absolute Gasteiger partial charge is 0.301 e. The van der Waals surface area contributed by atoms with Gasteiger partial charge in [0.2, 0.25) is 5.13 Å².